The second-order valence-electron chi connectivity index (χ2n) is 4.26. The highest BCUT2D eigenvalue weighted by molar-refractivity contribution is 9.10. The monoisotopic (exact) mass is 426 g/mol. The van der Waals surface area contributed by atoms with E-state index in [0.717, 1.165) is 11.3 Å². The fourth-order valence-corrected chi connectivity index (χ4v) is 3.95. The Bertz CT molecular complexity index is 605. The zero-order chi connectivity index (χ0) is 14.9. The molecule has 1 heterocycles. The van der Waals surface area contributed by atoms with Gasteiger partial charge in [-0.15, -0.1) is 11.3 Å². The van der Waals surface area contributed by atoms with Crippen molar-refractivity contribution in [2.75, 3.05) is 0 Å². The molecule has 0 N–H and O–H groups in total. The van der Waals surface area contributed by atoms with Gasteiger partial charge in [-0.05, 0) is 36.2 Å². The number of alkyl halides is 4. The standard InChI is InChI=1S/C14H11Br2F3S/c1-2-9-4-6-12(20-9)13(16)8-3-5-11(15)10(7-8)14(17,18)19/h3-7,13H,2H2,1H3. The molecule has 0 radical (unpaired) electrons. The first-order valence-electron chi connectivity index (χ1n) is 5.92. The second kappa shape index (κ2) is 6.20. The molecule has 6 heteroatoms. The summed E-state index contributed by atoms with van der Waals surface area (Å²) in [5.74, 6) is 0. The van der Waals surface area contributed by atoms with Gasteiger partial charge < -0.3 is 0 Å². The van der Waals surface area contributed by atoms with Crippen LogP contribution in [0.2, 0.25) is 0 Å². The predicted molar refractivity (Wildman–Crippen MR) is 83.6 cm³/mol. The molecule has 0 saturated heterocycles. The van der Waals surface area contributed by atoms with Crippen LogP contribution in [0.1, 0.15) is 32.6 Å². The number of aryl methyl sites for hydroxylation is 1. The Morgan fingerprint density at radius 3 is 2.45 bits per heavy atom. The Kier molecular flexibility index (Phi) is 4.97. The third-order valence-electron chi connectivity index (χ3n) is 2.87. The van der Waals surface area contributed by atoms with Gasteiger partial charge in [0.25, 0.3) is 0 Å². The first kappa shape index (κ1) is 16.0. The molecular formula is C14H11Br2F3S. The van der Waals surface area contributed by atoms with E-state index in [4.69, 9.17) is 0 Å². The van der Waals surface area contributed by atoms with E-state index in [1.165, 1.54) is 17.0 Å². The molecule has 1 aromatic heterocycles. The lowest BCUT2D eigenvalue weighted by Crippen LogP contribution is -2.07. The highest BCUT2D eigenvalue weighted by Crippen LogP contribution is 2.40. The molecule has 0 fully saturated rings. The molecule has 1 unspecified atom stereocenters. The molecule has 2 aromatic rings. The highest BCUT2D eigenvalue weighted by Gasteiger charge is 2.33. The molecule has 0 saturated carbocycles. The normalized spacial score (nSPS) is 13.5. The number of halogens is 5. The Hall–Kier alpha value is -0.330. The van der Waals surface area contributed by atoms with E-state index in [0.29, 0.717) is 5.56 Å². The third kappa shape index (κ3) is 3.46. The molecule has 0 amide bonds. The highest BCUT2D eigenvalue weighted by atomic mass is 79.9. The van der Waals surface area contributed by atoms with Gasteiger partial charge in [0.15, 0.2) is 0 Å². The van der Waals surface area contributed by atoms with Gasteiger partial charge in [-0.3, -0.25) is 0 Å². The lowest BCUT2D eigenvalue weighted by molar-refractivity contribution is -0.138. The summed E-state index contributed by atoms with van der Waals surface area (Å²) >= 11 is 8.06. The molecule has 0 bridgehead atoms. The second-order valence-corrected chi connectivity index (χ2v) is 7.23. The fraction of sp³-hybridized carbons (Fsp3) is 0.286. The molecule has 0 nitrogen and oxygen atoms in total. The Morgan fingerprint density at radius 1 is 1.20 bits per heavy atom. The fourth-order valence-electron chi connectivity index (χ4n) is 1.80. The molecule has 20 heavy (non-hydrogen) atoms. The van der Waals surface area contributed by atoms with Crippen molar-refractivity contribution in [1.82, 2.24) is 0 Å². The van der Waals surface area contributed by atoms with Crippen molar-refractivity contribution in [2.45, 2.75) is 24.3 Å². The smallest absolute Gasteiger partial charge is 0.166 e. The summed E-state index contributed by atoms with van der Waals surface area (Å²) in [6.45, 7) is 2.06. The number of benzene rings is 1. The number of thiophene rings is 1. The molecule has 108 valence electrons. The van der Waals surface area contributed by atoms with E-state index in [9.17, 15) is 13.2 Å². The van der Waals surface area contributed by atoms with E-state index in [2.05, 4.69) is 38.8 Å². The van der Waals surface area contributed by atoms with Crippen LogP contribution in [0.4, 0.5) is 13.2 Å². The maximum absolute atomic E-state index is 12.9. The molecular weight excluding hydrogens is 417 g/mol. The maximum atomic E-state index is 12.9. The molecule has 2 rings (SSSR count). The van der Waals surface area contributed by atoms with Crippen LogP contribution in [0.3, 0.4) is 0 Å². The van der Waals surface area contributed by atoms with Crippen LogP contribution in [0.15, 0.2) is 34.8 Å². The van der Waals surface area contributed by atoms with Crippen molar-refractivity contribution in [1.29, 1.82) is 0 Å². The van der Waals surface area contributed by atoms with Crippen LogP contribution in [0, 0.1) is 0 Å². The molecule has 0 aliphatic carbocycles. The van der Waals surface area contributed by atoms with Crippen molar-refractivity contribution in [3.05, 3.63) is 55.7 Å². The largest absolute Gasteiger partial charge is 0.417 e. The lowest BCUT2D eigenvalue weighted by atomic mass is 10.1. The quantitative estimate of drug-likeness (QED) is 0.485. The number of hydrogen-bond acceptors (Lipinski definition) is 1. The summed E-state index contributed by atoms with van der Waals surface area (Å²) in [6.07, 6.45) is -3.43. The summed E-state index contributed by atoms with van der Waals surface area (Å²) in [7, 11) is 0. The van der Waals surface area contributed by atoms with Crippen molar-refractivity contribution < 1.29 is 13.2 Å². The van der Waals surface area contributed by atoms with E-state index >= 15 is 0 Å². The molecule has 0 spiro atoms. The number of hydrogen-bond donors (Lipinski definition) is 0. The van der Waals surface area contributed by atoms with Crippen LogP contribution >= 0.6 is 43.2 Å². The summed E-state index contributed by atoms with van der Waals surface area (Å²) in [4.78, 5) is 2.01. The molecule has 1 atom stereocenters. The average molecular weight is 428 g/mol. The van der Waals surface area contributed by atoms with Crippen LogP contribution in [0.25, 0.3) is 0 Å². The zero-order valence-electron chi connectivity index (χ0n) is 10.5. The topological polar surface area (TPSA) is 0 Å². The SMILES string of the molecule is CCc1ccc(C(Br)c2ccc(Br)c(C(F)(F)F)c2)s1. The van der Waals surface area contributed by atoms with Crippen molar-refractivity contribution in [3.63, 3.8) is 0 Å². The maximum Gasteiger partial charge on any atom is 0.417 e. The molecule has 0 aliphatic heterocycles. The third-order valence-corrected chi connectivity index (χ3v) is 6.18. The summed E-state index contributed by atoms with van der Waals surface area (Å²) < 4.78 is 38.8. The van der Waals surface area contributed by atoms with Gasteiger partial charge in [0.2, 0.25) is 0 Å². The van der Waals surface area contributed by atoms with Gasteiger partial charge in [-0.25, -0.2) is 0 Å². The minimum absolute atomic E-state index is 0.0638. The van der Waals surface area contributed by atoms with E-state index < -0.39 is 11.7 Å². The van der Waals surface area contributed by atoms with Crippen LogP contribution < -0.4 is 0 Å². The van der Waals surface area contributed by atoms with Crippen molar-refractivity contribution >= 4 is 43.2 Å². The molecule has 1 aromatic carbocycles. The lowest BCUT2D eigenvalue weighted by Gasteiger charge is -2.14. The van der Waals surface area contributed by atoms with Crippen LogP contribution in [-0.2, 0) is 12.6 Å². The van der Waals surface area contributed by atoms with Crippen molar-refractivity contribution in [2.24, 2.45) is 0 Å². The first-order chi connectivity index (χ1) is 9.32. The van der Waals surface area contributed by atoms with Gasteiger partial charge in [0.1, 0.15) is 0 Å². The Morgan fingerprint density at radius 2 is 1.90 bits per heavy atom. The summed E-state index contributed by atoms with van der Waals surface area (Å²) in [5, 5.41) is 0. The van der Waals surface area contributed by atoms with Crippen LogP contribution in [-0.4, -0.2) is 0 Å². The van der Waals surface area contributed by atoms with E-state index in [1.807, 2.05) is 12.1 Å². The van der Waals surface area contributed by atoms with Gasteiger partial charge in [0, 0.05) is 14.2 Å². The van der Waals surface area contributed by atoms with E-state index in [1.54, 1.807) is 17.4 Å². The van der Waals surface area contributed by atoms with E-state index in [-0.39, 0.29) is 9.30 Å². The van der Waals surface area contributed by atoms with Gasteiger partial charge in [-0.2, -0.15) is 13.2 Å². The van der Waals surface area contributed by atoms with Gasteiger partial charge >= 0.3 is 6.18 Å². The Labute approximate surface area is 136 Å². The zero-order valence-corrected chi connectivity index (χ0v) is 14.5. The minimum Gasteiger partial charge on any atom is -0.166 e. The summed E-state index contributed by atoms with van der Waals surface area (Å²) in [6, 6.07) is 8.30. The predicted octanol–water partition coefficient (Wildman–Crippen LogP) is 6.58. The van der Waals surface area contributed by atoms with Gasteiger partial charge in [0.05, 0.1) is 10.4 Å². The summed E-state index contributed by atoms with van der Waals surface area (Å²) in [5.41, 5.74) is -0.0447. The first-order valence-corrected chi connectivity index (χ1v) is 8.44. The average Bonchev–Trinajstić information content (AvgIpc) is 2.86. The number of rotatable bonds is 3. The van der Waals surface area contributed by atoms with Crippen LogP contribution in [0.5, 0.6) is 0 Å². The molecule has 0 aliphatic rings. The van der Waals surface area contributed by atoms with Crippen molar-refractivity contribution in [3.8, 4) is 0 Å². The van der Waals surface area contributed by atoms with Gasteiger partial charge in [-0.1, -0.05) is 44.8 Å². The minimum atomic E-state index is -4.36. The Balaban J connectivity index is 2.37.